The highest BCUT2D eigenvalue weighted by atomic mass is 19.1. The van der Waals surface area contributed by atoms with Crippen molar-refractivity contribution in [1.29, 1.82) is 0 Å². The van der Waals surface area contributed by atoms with Gasteiger partial charge >= 0.3 is 0 Å². The highest BCUT2D eigenvalue weighted by Gasteiger charge is 2.08. The molecule has 2 rings (SSSR count). The van der Waals surface area contributed by atoms with Crippen LogP contribution in [0.15, 0.2) is 42.5 Å². The normalized spacial score (nSPS) is 12.4. The molecule has 0 saturated heterocycles. The first-order valence-electron chi connectivity index (χ1n) is 6.96. The van der Waals surface area contributed by atoms with Crippen LogP contribution in [0.5, 0.6) is 0 Å². The molecule has 0 bridgehead atoms. The minimum Gasteiger partial charge on any atom is -0.392 e. The fourth-order valence-corrected chi connectivity index (χ4v) is 2.19. The molecule has 112 valence electrons. The third-order valence-corrected chi connectivity index (χ3v) is 3.45. The van der Waals surface area contributed by atoms with E-state index in [-0.39, 0.29) is 12.6 Å². The molecule has 0 saturated carbocycles. The summed E-state index contributed by atoms with van der Waals surface area (Å²) in [5.41, 5.74) is 2.63. The van der Waals surface area contributed by atoms with Crippen molar-refractivity contribution in [2.24, 2.45) is 0 Å². The smallest absolute Gasteiger partial charge is 0.126 e. The van der Waals surface area contributed by atoms with Gasteiger partial charge in [-0.05, 0) is 48.7 Å². The van der Waals surface area contributed by atoms with Crippen LogP contribution in [-0.4, -0.2) is 11.7 Å². The van der Waals surface area contributed by atoms with Gasteiger partial charge in [0.25, 0.3) is 0 Å². The average Bonchev–Trinajstić information content (AvgIpc) is 2.47. The van der Waals surface area contributed by atoms with Gasteiger partial charge in [-0.15, -0.1) is 0 Å². The Hall–Kier alpha value is -1.78. The minimum absolute atomic E-state index is 0.0424. The van der Waals surface area contributed by atoms with Gasteiger partial charge in [-0.25, -0.2) is 8.78 Å². The van der Waals surface area contributed by atoms with E-state index in [1.807, 2.05) is 31.2 Å². The van der Waals surface area contributed by atoms with Gasteiger partial charge < -0.3 is 10.4 Å². The Morgan fingerprint density at radius 1 is 1.00 bits per heavy atom. The van der Waals surface area contributed by atoms with Crippen molar-refractivity contribution in [3.8, 4) is 0 Å². The van der Waals surface area contributed by atoms with Crippen LogP contribution in [0, 0.1) is 11.6 Å². The lowest BCUT2D eigenvalue weighted by Gasteiger charge is -2.14. The topological polar surface area (TPSA) is 32.3 Å². The lowest BCUT2D eigenvalue weighted by atomic mass is 10.1. The summed E-state index contributed by atoms with van der Waals surface area (Å²) in [6.07, 6.45) is 0.813. The van der Waals surface area contributed by atoms with Crippen LogP contribution < -0.4 is 5.32 Å². The van der Waals surface area contributed by atoms with E-state index in [0.717, 1.165) is 23.6 Å². The number of halogens is 2. The van der Waals surface area contributed by atoms with Gasteiger partial charge in [0, 0.05) is 12.1 Å². The van der Waals surface area contributed by atoms with Crippen LogP contribution in [0.3, 0.4) is 0 Å². The monoisotopic (exact) mass is 291 g/mol. The van der Waals surface area contributed by atoms with Crippen molar-refractivity contribution in [1.82, 2.24) is 5.32 Å². The Kier molecular flexibility index (Phi) is 5.42. The van der Waals surface area contributed by atoms with Gasteiger partial charge in [0.05, 0.1) is 6.61 Å². The molecule has 21 heavy (non-hydrogen) atoms. The molecule has 1 atom stereocenters. The van der Waals surface area contributed by atoms with E-state index in [4.69, 9.17) is 5.11 Å². The number of rotatable bonds is 6. The zero-order valence-electron chi connectivity index (χ0n) is 11.9. The third-order valence-electron chi connectivity index (χ3n) is 3.45. The molecule has 0 aliphatic heterocycles. The zero-order chi connectivity index (χ0) is 15.2. The minimum atomic E-state index is -0.557. The van der Waals surface area contributed by atoms with Crippen molar-refractivity contribution in [3.63, 3.8) is 0 Å². The van der Waals surface area contributed by atoms with E-state index >= 15 is 0 Å². The fourth-order valence-electron chi connectivity index (χ4n) is 2.19. The largest absolute Gasteiger partial charge is 0.392 e. The Labute approximate surface area is 123 Å². The Morgan fingerprint density at radius 3 is 2.14 bits per heavy atom. The van der Waals surface area contributed by atoms with Crippen LogP contribution >= 0.6 is 0 Å². The second-order valence-electron chi connectivity index (χ2n) is 5.10. The maximum atomic E-state index is 13.2. The molecule has 4 heteroatoms. The van der Waals surface area contributed by atoms with Crippen molar-refractivity contribution in [3.05, 3.63) is 70.8 Å². The summed E-state index contributed by atoms with van der Waals surface area (Å²) < 4.78 is 26.3. The van der Waals surface area contributed by atoms with Crippen LogP contribution in [0.1, 0.15) is 29.7 Å². The molecule has 0 amide bonds. The Balaban J connectivity index is 1.87. The number of aliphatic hydroxyl groups excluding tert-OH is 1. The van der Waals surface area contributed by atoms with Gasteiger partial charge in [0.2, 0.25) is 0 Å². The molecule has 1 unspecified atom stereocenters. The number of nitrogens with one attached hydrogen (secondary N) is 1. The molecule has 2 N–H and O–H groups in total. The van der Waals surface area contributed by atoms with Crippen LogP contribution in [-0.2, 0) is 13.0 Å². The van der Waals surface area contributed by atoms with Gasteiger partial charge in [-0.1, -0.05) is 24.3 Å². The molecule has 0 heterocycles. The van der Waals surface area contributed by atoms with Crippen LogP contribution in [0.2, 0.25) is 0 Å². The summed E-state index contributed by atoms with van der Waals surface area (Å²) in [6.45, 7) is 2.63. The Morgan fingerprint density at radius 2 is 1.57 bits per heavy atom. The molecular formula is C17H19F2NO. The van der Waals surface area contributed by atoms with E-state index in [2.05, 4.69) is 5.32 Å². The van der Waals surface area contributed by atoms with Crippen LogP contribution in [0.4, 0.5) is 8.78 Å². The first kappa shape index (κ1) is 15.6. The number of hydrogen-bond donors (Lipinski definition) is 2. The van der Waals surface area contributed by atoms with Crippen molar-refractivity contribution in [2.45, 2.75) is 26.0 Å². The number of hydrogen-bond acceptors (Lipinski definition) is 2. The molecule has 2 aromatic carbocycles. The maximum absolute atomic E-state index is 13.2. The van der Waals surface area contributed by atoms with E-state index in [1.165, 1.54) is 12.1 Å². The standard InChI is InChI=1S/C17H19F2NO/c1-12(15-8-16(18)10-17(19)9-15)20-7-6-13-2-4-14(11-21)5-3-13/h2-5,8-10,12,20-21H,6-7,11H2,1H3. The molecular weight excluding hydrogens is 272 g/mol. The summed E-state index contributed by atoms with van der Waals surface area (Å²) in [5, 5.41) is 12.2. The quantitative estimate of drug-likeness (QED) is 0.855. The second-order valence-corrected chi connectivity index (χ2v) is 5.10. The molecule has 0 aliphatic rings. The molecule has 0 aromatic heterocycles. The van der Waals surface area contributed by atoms with E-state index in [0.29, 0.717) is 12.1 Å². The van der Waals surface area contributed by atoms with Gasteiger partial charge in [0.15, 0.2) is 0 Å². The molecule has 2 aromatic rings. The van der Waals surface area contributed by atoms with Gasteiger partial charge in [0.1, 0.15) is 11.6 Å². The fraction of sp³-hybridized carbons (Fsp3) is 0.294. The molecule has 0 spiro atoms. The summed E-state index contributed by atoms with van der Waals surface area (Å²) in [4.78, 5) is 0. The lowest BCUT2D eigenvalue weighted by molar-refractivity contribution is 0.282. The van der Waals surface area contributed by atoms with E-state index in [1.54, 1.807) is 0 Å². The van der Waals surface area contributed by atoms with Crippen molar-refractivity contribution in [2.75, 3.05) is 6.54 Å². The number of aliphatic hydroxyl groups is 1. The third kappa shape index (κ3) is 4.62. The lowest BCUT2D eigenvalue weighted by Crippen LogP contribution is -2.21. The highest BCUT2D eigenvalue weighted by molar-refractivity contribution is 5.23. The maximum Gasteiger partial charge on any atom is 0.126 e. The first-order chi connectivity index (χ1) is 10.1. The van der Waals surface area contributed by atoms with E-state index < -0.39 is 11.6 Å². The van der Waals surface area contributed by atoms with Crippen molar-refractivity contribution >= 4 is 0 Å². The zero-order valence-corrected chi connectivity index (χ0v) is 11.9. The molecule has 2 nitrogen and oxygen atoms in total. The SMILES string of the molecule is CC(NCCc1ccc(CO)cc1)c1cc(F)cc(F)c1. The van der Waals surface area contributed by atoms with Crippen molar-refractivity contribution < 1.29 is 13.9 Å². The van der Waals surface area contributed by atoms with Gasteiger partial charge in [-0.3, -0.25) is 0 Å². The Bertz CT molecular complexity index is 564. The molecule has 0 fully saturated rings. The predicted octanol–water partition coefficient (Wildman–Crippen LogP) is 3.35. The van der Waals surface area contributed by atoms with Gasteiger partial charge in [-0.2, -0.15) is 0 Å². The number of benzene rings is 2. The summed E-state index contributed by atoms with van der Waals surface area (Å²) in [5.74, 6) is -1.11. The van der Waals surface area contributed by atoms with Crippen LogP contribution in [0.25, 0.3) is 0 Å². The summed E-state index contributed by atoms with van der Waals surface area (Å²) >= 11 is 0. The average molecular weight is 291 g/mol. The molecule has 0 radical (unpaired) electrons. The molecule has 0 aliphatic carbocycles. The summed E-state index contributed by atoms with van der Waals surface area (Å²) in [7, 11) is 0. The predicted molar refractivity (Wildman–Crippen MR) is 78.8 cm³/mol. The highest BCUT2D eigenvalue weighted by Crippen LogP contribution is 2.16. The van der Waals surface area contributed by atoms with E-state index in [9.17, 15) is 8.78 Å². The summed E-state index contributed by atoms with van der Waals surface area (Å²) in [6, 6.07) is 11.2. The first-order valence-corrected chi connectivity index (χ1v) is 6.96. The second kappa shape index (κ2) is 7.29.